The van der Waals surface area contributed by atoms with Crippen molar-refractivity contribution in [3.05, 3.63) is 130 Å². The van der Waals surface area contributed by atoms with Gasteiger partial charge < -0.3 is 10.2 Å². The van der Waals surface area contributed by atoms with E-state index in [9.17, 15) is 18.0 Å². The van der Waals surface area contributed by atoms with E-state index in [1.165, 1.54) is 4.90 Å². The number of nitrogens with zero attached hydrogens (tertiary/aromatic N) is 2. The van der Waals surface area contributed by atoms with Gasteiger partial charge in [-0.2, -0.15) is 0 Å². The van der Waals surface area contributed by atoms with Gasteiger partial charge in [0.05, 0.1) is 10.6 Å². The van der Waals surface area contributed by atoms with Crippen LogP contribution in [0.1, 0.15) is 36.1 Å². The Bertz CT molecular complexity index is 1680. The summed E-state index contributed by atoms with van der Waals surface area (Å²) in [5, 5.41) is 3.02. The minimum atomic E-state index is -4.15. The monoisotopic (exact) mass is 689 g/mol. The van der Waals surface area contributed by atoms with Gasteiger partial charge in [0.1, 0.15) is 12.6 Å². The first-order valence-corrected chi connectivity index (χ1v) is 17.2. The van der Waals surface area contributed by atoms with E-state index in [0.29, 0.717) is 12.2 Å². The fourth-order valence-electron chi connectivity index (χ4n) is 4.84. The first-order chi connectivity index (χ1) is 21.4. The van der Waals surface area contributed by atoms with Crippen LogP contribution in [0.2, 0.25) is 0 Å². The highest BCUT2D eigenvalue weighted by Gasteiger charge is 2.34. The van der Waals surface area contributed by atoms with Crippen LogP contribution < -0.4 is 9.62 Å². The number of hydrogen-bond donors (Lipinski definition) is 1. The maximum Gasteiger partial charge on any atom is 0.264 e. The predicted octanol–water partition coefficient (Wildman–Crippen LogP) is 6.67. The van der Waals surface area contributed by atoms with Crippen molar-refractivity contribution >= 4 is 43.5 Å². The maximum absolute atomic E-state index is 14.5. The first kappa shape index (κ1) is 33.9. The predicted molar refractivity (Wildman–Crippen MR) is 183 cm³/mol. The van der Waals surface area contributed by atoms with Crippen molar-refractivity contribution in [2.24, 2.45) is 5.92 Å². The lowest BCUT2D eigenvalue weighted by molar-refractivity contribution is -0.140. The molecule has 0 radical (unpaired) electrons. The number of anilines is 1. The van der Waals surface area contributed by atoms with Gasteiger partial charge in [0.15, 0.2) is 0 Å². The number of benzene rings is 4. The lowest BCUT2D eigenvalue weighted by Crippen LogP contribution is -2.53. The first-order valence-electron chi connectivity index (χ1n) is 15.0. The lowest BCUT2D eigenvalue weighted by atomic mass is 10.0. The second-order valence-electron chi connectivity index (χ2n) is 11.7. The van der Waals surface area contributed by atoms with Crippen LogP contribution in [0.4, 0.5) is 5.69 Å². The average molecular weight is 691 g/mol. The summed E-state index contributed by atoms with van der Waals surface area (Å²) in [5.74, 6) is -0.570. The summed E-state index contributed by atoms with van der Waals surface area (Å²) in [5.41, 5.74) is 4.05. The summed E-state index contributed by atoms with van der Waals surface area (Å²) in [6, 6.07) is 29.8. The largest absolute Gasteiger partial charge is 0.354 e. The molecule has 0 aliphatic carbocycles. The zero-order valence-corrected chi connectivity index (χ0v) is 28.5. The molecule has 0 unspecified atom stereocenters. The number of halogens is 1. The highest BCUT2D eigenvalue weighted by molar-refractivity contribution is 9.10. The Hall–Kier alpha value is -3.95. The van der Waals surface area contributed by atoms with E-state index >= 15 is 0 Å². The van der Waals surface area contributed by atoms with Crippen molar-refractivity contribution in [2.75, 3.05) is 17.4 Å². The standard InChI is InChI=1S/C36H40BrN3O4S/c1-26(2)23-38-36(42)34(22-29-8-6-5-7-9-29)39(24-30-14-10-27(3)11-15-30)35(41)25-40(32-18-16-31(37)17-19-32)45(43,44)33-20-12-28(4)13-21-33/h5-21,26,34H,22-25H2,1-4H3,(H,38,42)/t34-/m0/s1. The molecule has 236 valence electrons. The molecule has 0 bridgehead atoms. The summed E-state index contributed by atoms with van der Waals surface area (Å²) < 4.78 is 30.1. The van der Waals surface area contributed by atoms with Crippen molar-refractivity contribution in [2.45, 2.75) is 51.6 Å². The third kappa shape index (κ3) is 9.28. The Morgan fingerprint density at radius 2 is 1.36 bits per heavy atom. The second-order valence-corrected chi connectivity index (χ2v) is 14.4. The molecule has 0 heterocycles. The molecule has 1 N–H and O–H groups in total. The van der Waals surface area contributed by atoms with Crippen LogP contribution in [0.3, 0.4) is 0 Å². The fourth-order valence-corrected chi connectivity index (χ4v) is 6.52. The Morgan fingerprint density at radius 3 is 1.93 bits per heavy atom. The Kier molecular flexibility index (Phi) is 11.6. The summed E-state index contributed by atoms with van der Waals surface area (Å²) in [4.78, 5) is 29.9. The van der Waals surface area contributed by atoms with Gasteiger partial charge in [-0.1, -0.05) is 108 Å². The van der Waals surface area contributed by atoms with Crippen LogP contribution >= 0.6 is 15.9 Å². The summed E-state index contributed by atoms with van der Waals surface area (Å²) in [6.07, 6.45) is 0.269. The minimum absolute atomic E-state index is 0.0735. The molecule has 9 heteroatoms. The molecule has 4 rings (SSSR count). The van der Waals surface area contributed by atoms with Crippen molar-refractivity contribution in [3.63, 3.8) is 0 Å². The minimum Gasteiger partial charge on any atom is -0.354 e. The molecule has 0 aliphatic rings. The Labute approximate surface area is 275 Å². The molecule has 1 atom stereocenters. The van der Waals surface area contributed by atoms with E-state index in [0.717, 1.165) is 31.0 Å². The zero-order chi connectivity index (χ0) is 32.6. The highest BCUT2D eigenvalue weighted by atomic mass is 79.9. The molecule has 0 saturated carbocycles. The number of rotatable bonds is 13. The van der Waals surface area contributed by atoms with Crippen LogP contribution in [-0.2, 0) is 32.6 Å². The number of nitrogens with one attached hydrogen (secondary N) is 1. The van der Waals surface area contributed by atoms with Crippen molar-refractivity contribution in [3.8, 4) is 0 Å². The third-order valence-corrected chi connectivity index (χ3v) is 9.75. The van der Waals surface area contributed by atoms with E-state index in [-0.39, 0.29) is 29.7 Å². The number of sulfonamides is 1. The number of carbonyl (C=O) groups excluding carboxylic acids is 2. The molecule has 0 spiro atoms. The zero-order valence-electron chi connectivity index (χ0n) is 26.1. The topological polar surface area (TPSA) is 86.8 Å². The summed E-state index contributed by atoms with van der Waals surface area (Å²) in [7, 11) is -4.15. The smallest absolute Gasteiger partial charge is 0.264 e. The summed E-state index contributed by atoms with van der Waals surface area (Å²) >= 11 is 3.42. The van der Waals surface area contributed by atoms with Gasteiger partial charge >= 0.3 is 0 Å². The van der Waals surface area contributed by atoms with Gasteiger partial charge in [-0.25, -0.2) is 8.42 Å². The maximum atomic E-state index is 14.5. The van der Waals surface area contributed by atoms with Crippen LogP contribution in [0, 0.1) is 19.8 Å². The van der Waals surface area contributed by atoms with Crippen molar-refractivity contribution in [1.82, 2.24) is 10.2 Å². The van der Waals surface area contributed by atoms with E-state index in [2.05, 4.69) is 21.2 Å². The molecule has 4 aromatic carbocycles. The van der Waals surface area contributed by atoms with Crippen LogP contribution in [0.25, 0.3) is 0 Å². The SMILES string of the molecule is Cc1ccc(CN(C(=O)CN(c2ccc(Br)cc2)S(=O)(=O)c2ccc(C)cc2)[C@@H](Cc2ccccc2)C(=O)NCC(C)C)cc1. The fraction of sp³-hybridized carbons (Fsp3) is 0.278. The molecule has 0 aliphatic heterocycles. The molecule has 4 aromatic rings. The number of hydrogen-bond acceptors (Lipinski definition) is 4. The number of amides is 2. The van der Waals surface area contributed by atoms with E-state index in [1.807, 2.05) is 82.3 Å². The second kappa shape index (κ2) is 15.4. The molecular formula is C36H40BrN3O4S. The quantitative estimate of drug-likeness (QED) is 0.170. The van der Waals surface area contributed by atoms with Crippen molar-refractivity contribution < 1.29 is 18.0 Å². The van der Waals surface area contributed by atoms with Gasteiger partial charge in [-0.05, 0) is 67.3 Å². The molecule has 0 aromatic heterocycles. The van der Waals surface area contributed by atoms with Gasteiger partial charge in [-0.3, -0.25) is 13.9 Å². The van der Waals surface area contributed by atoms with E-state index in [4.69, 9.17) is 0 Å². The number of aryl methyl sites for hydroxylation is 2. The van der Waals surface area contributed by atoms with Gasteiger partial charge in [0, 0.05) is 24.0 Å². The van der Waals surface area contributed by atoms with Crippen LogP contribution in [-0.4, -0.2) is 44.3 Å². The Morgan fingerprint density at radius 1 is 0.778 bits per heavy atom. The van der Waals surface area contributed by atoms with Gasteiger partial charge in [0.25, 0.3) is 10.0 Å². The van der Waals surface area contributed by atoms with Gasteiger partial charge in [0.2, 0.25) is 11.8 Å². The third-order valence-electron chi connectivity index (χ3n) is 7.43. The van der Waals surface area contributed by atoms with E-state index in [1.54, 1.807) is 48.5 Å². The van der Waals surface area contributed by atoms with Crippen LogP contribution in [0.15, 0.2) is 112 Å². The number of carbonyl (C=O) groups is 2. The Balaban J connectivity index is 1.79. The molecule has 2 amide bonds. The highest BCUT2D eigenvalue weighted by Crippen LogP contribution is 2.27. The van der Waals surface area contributed by atoms with E-state index < -0.39 is 28.5 Å². The molecule has 45 heavy (non-hydrogen) atoms. The molecule has 0 saturated heterocycles. The molecule has 7 nitrogen and oxygen atoms in total. The van der Waals surface area contributed by atoms with Crippen molar-refractivity contribution in [1.29, 1.82) is 0 Å². The lowest BCUT2D eigenvalue weighted by Gasteiger charge is -2.34. The normalized spacial score (nSPS) is 12.0. The molecule has 0 fully saturated rings. The average Bonchev–Trinajstić information content (AvgIpc) is 3.02. The van der Waals surface area contributed by atoms with Crippen LogP contribution in [0.5, 0.6) is 0 Å². The molecular weight excluding hydrogens is 650 g/mol. The van der Waals surface area contributed by atoms with Gasteiger partial charge in [-0.15, -0.1) is 0 Å². The summed E-state index contributed by atoms with van der Waals surface area (Å²) in [6.45, 7) is 7.96.